The number of aliphatic carboxylic acids is 2. The number of nitrogens with zero attached hydrogens (tertiary/aromatic N) is 4. The van der Waals surface area contributed by atoms with E-state index in [-0.39, 0.29) is 45.0 Å². The number of carbonyl (C=O) groups is 4. The van der Waals surface area contributed by atoms with Crippen LogP contribution in [0.1, 0.15) is 53.4 Å². The molecule has 1 aliphatic rings. The minimum absolute atomic E-state index is 0.132. The van der Waals surface area contributed by atoms with E-state index in [2.05, 4.69) is 30.4 Å². The molecule has 246 valence electrons. The van der Waals surface area contributed by atoms with Gasteiger partial charge in [-0.05, 0) is 40.5 Å². The lowest BCUT2D eigenvalue weighted by molar-refractivity contribution is -0.145. The lowest BCUT2D eigenvalue weighted by atomic mass is 10.3. The standard InChI is InChI=1S/C21H35N8O6P.C4H6O4/c1-5-34-19(30)13(3)27-36(32,28-14(4)20(31)35-6-2)12-33-10-9-29-11-23-16-17(24-15-7-8-15)25-21(22)26-18(16)29;5-3(6)1-2-4(7)8/h11,13-15H,5-10,12H2,1-4H3,(H2,27,28,32)(H3,22,24,25,26);1-2H2,(H,5,6)(H,7,8). The molecule has 19 heteroatoms. The maximum absolute atomic E-state index is 13.6. The van der Waals surface area contributed by atoms with Crippen LogP contribution in [0.4, 0.5) is 11.8 Å². The van der Waals surface area contributed by atoms with E-state index in [4.69, 9.17) is 30.2 Å². The van der Waals surface area contributed by atoms with Crippen molar-refractivity contribution in [1.29, 1.82) is 0 Å². The van der Waals surface area contributed by atoms with E-state index in [1.54, 1.807) is 24.7 Å². The van der Waals surface area contributed by atoms with Crippen LogP contribution in [-0.2, 0) is 44.5 Å². The van der Waals surface area contributed by atoms with E-state index in [0.717, 1.165) is 12.8 Å². The highest BCUT2D eigenvalue weighted by molar-refractivity contribution is 7.59. The largest absolute Gasteiger partial charge is 0.481 e. The Balaban J connectivity index is 0.000000742. The topological polar surface area (TPSA) is 259 Å². The Bertz CT molecular complexity index is 1290. The van der Waals surface area contributed by atoms with Gasteiger partial charge in [-0.2, -0.15) is 9.97 Å². The second kappa shape index (κ2) is 17.4. The number of nitrogen functional groups attached to an aromatic ring is 1. The molecule has 0 aliphatic heterocycles. The summed E-state index contributed by atoms with van der Waals surface area (Å²) >= 11 is 0. The highest BCUT2D eigenvalue weighted by Gasteiger charge is 2.32. The van der Waals surface area contributed by atoms with Gasteiger partial charge < -0.3 is 40.0 Å². The van der Waals surface area contributed by atoms with Crippen LogP contribution >= 0.6 is 7.44 Å². The van der Waals surface area contributed by atoms with Crippen molar-refractivity contribution >= 4 is 54.3 Å². The van der Waals surface area contributed by atoms with E-state index in [0.29, 0.717) is 29.6 Å². The van der Waals surface area contributed by atoms with Crippen molar-refractivity contribution in [2.45, 2.75) is 78.0 Å². The van der Waals surface area contributed by atoms with Crippen molar-refractivity contribution in [3.05, 3.63) is 6.33 Å². The molecule has 1 fully saturated rings. The minimum atomic E-state index is -3.57. The average Bonchev–Trinajstić information content (AvgIpc) is 3.67. The van der Waals surface area contributed by atoms with Gasteiger partial charge in [-0.25, -0.2) is 15.2 Å². The number of rotatable bonds is 18. The number of nitrogens with two attached hydrogens (primary N) is 1. The number of fused-ring (bicyclic) bond motifs is 1. The zero-order valence-electron chi connectivity index (χ0n) is 25.1. The van der Waals surface area contributed by atoms with Gasteiger partial charge in [0.05, 0.1) is 39.0 Å². The van der Waals surface area contributed by atoms with E-state index in [1.807, 2.05) is 0 Å². The molecule has 2 atom stereocenters. The Morgan fingerprint density at radius 1 is 1.02 bits per heavy atom. The van der Waals surface area contributed by atoms with Gasteiger partial charge in [0.2, 0.25) is 13.4 Å². The van der Waals surface area contributed by atoms with Crippen LogP contribution in [0, 0.1) is 0 Å². The predicted octanol–water partition coefficient (Wildman–Crippen LogP) is 1.17. The number of carboxylic acids is 2. The van der Waals surface area contributed by atoms with Crippen LogP contribution in [0.3, 0.4) is 0 Å². The van der Waals surface area contributed by atoms with Crippen molar-refractivity contribution in [2.75, 3.05) is 37.2 Å². The number of hydrogen-bond donors (Lipinski definition) is 6. The van der Waals surface area contributed by atoms with E-state index < -0.39 is 43.4 Å². The summed E-state index contributed by atoms with van der Waals surface area (Å²) in [7, 11) is -3.57. The monoisotopic (exact) mass is 644 g/mol. The number of carboxylic acid groups (broad SMARTS) is 2. The first-order valence-corrected chi connectivity index (χ1v) is 15.9. The molecule has 1 aliphatic carbocycles. The molecule has 3 rings (SSSR count). The van der Waals surface area contributed by atoms with Gasteiger partial charge in [-0.1, -0.05) is 0 Å². The predicted molar refractivity (Wildman–Crippen MR) is 158 cm³/mol. The third-order valence-electron chi connectivity index (χ3n) is 5.79. The van der Waals surface area contributed by atoms with E-state index >= 15 is 0 Å². The molecule has 0 amide bonds. The van der Waals surface area contributed by atoms with E-state index in [9.17, 15) is 23.7 Å². The molecule has 1 saturated carbocycles. The fourth-order valence-electron chi connectivity index (χ4n) is 3.59. The summed E-state index contributed by atoms with van der Waals surface area (Å²) in [4.78, 5) is 56.4. The Kier molecular flexibility index (Phi) is 14.4. The first-order chi connectivity index (χ1) is 20.8. The van der Waals surface area contributed by atoms with Gasteiger partial charge in [-0.15, -0.1) is 0 Å². The number of hydrogen-bond acceptors (Lipinski definition) is 13. The maximum Gasteiger partial charge on any atom is 0.323 e. The van der Waals surface area contributed by atoms with Gasteiger partial charge >= 0.3 is 23.9 Å². The van der Waals surface area contributed by atoms with Crippen LogP contribution in [-0.4, -0.2) is 97.9 Å². The molecule has 2 heterocycles. The van der Waals surface area contributed by atoms with Crippen molar-refractivity contribution in [1.82, 2.24) is 29.7 Å². The zero-order chi connectivity index (χ0) is 32.9. The highest BCUT2D eigenvalue weighted by Crippen LogP contribution is 2.37. The molecular formula is C25H41N8O10P. The molecular weight excluding hydrogens is 603 g/mol. The molecule has 44 heavy (non-hydrogen) atoms. The van der Waals surface area contributed by atoms with Crippen LogP contribution in [0.2, 0.25) is 0 Å². The number of imidazole rings is 1. The molecule has 18 nitrogen and oxygen atoms in total. The highest BCUT2D eigenvalue weighted by atomic mass is 31.2. The Morgan fingerprint density at radius 2 is 1.57 bits per heavy atom. The molecule has 0 spiro atoms. The first kappa shape index (κ1) is 36.3. The number of carbonyl (C=O) groups excluding carboxylic acids is 2. The first-order valence-electron chi connectivity index (χ1n) is 14.0. The van der Waals surface area contributed by atoms with Gasteiger partial charge in [0.25, 0.3) is 0 Å². The number of ether oxygens (including phenoxy) is 3. The maximum atomic E-state index is 13.6. The third kappa shape index (κ3) is 12.4. The van der Waals surface area contributed by atoms with Crippen LogP contribution in [0.25, 0.3) is 11.2 Å². The quantitative estimate of drug-likeness (QED) is 0.0755. The Hall–Kier alpha value is -3.86. The van der Waals surface area contributed by atoms with Gasteiger partial charge in [0.15, 0.2) is 17.0 Å². The number of anilines is 2. The SMILES string of the molecule is CCOC(=O)C(C)NP(=O)(COCCn1cnc2c(NC3CC3)nc(N)nc21)NC(C)C(=O)OCC.O=C(O)CCC(=O)O. The smallest absolute Gasteiger partial charge is 0.323 e. The summed E-state index contributed by atoms with van der Waals surface area (Å²) in [5.74, 6) is -2.56. The van der Waals surface area contributed by atoms with Crippen LogP contribution < -0.4 is 21.2 Å². The second-order valence-corrected chi connectivity index (χ2v) is 12.0. The molecule has 2 aromatic rings. The normalized spacial score (nSPS) is 15.3. The summed E-state index contributed by atoms with van der Waals surface area (Å²) in [5, 5.41) is 24.6. The van der Waals surface area contributed by atoms with Crippen molar-refractivity contribution < 1.29 is 48.2 Å². The fraction of sp³-hybridized carbons (Fsp3) is 0.640. The lowest BCUT2D eigenvalue weighted by Gasteiger charge is -2.26. The molecule has 2 unspecified atom stereocenters. The number of nitrogens with one attached hydrogen (secondary N) is 3. The summed E-state index contributed by atoms with van der Waals surface area (Å²) in [6.45, 7) is 7.26. The molecule has 0 radical (unpaired) electrons. The van der Waals surface area contributed by atoms with Gasteiger partial charge in [0, 0.05) is 12.6 Å². The van der Waals surface area contributed by atoms with E-state index in [1.165, 1.54) is 13.8 Å². The second-order valence-electron chi connectivity index (χ2n) is 9.73. The zero-order valence-corrected chi connectivity index (χ0v) is 26.0. The third-order valence-corrected chi connectivity index (χ3v) is 7.94. The molecule has 0 bridgehead atoms. The Labute approximate surface area is 253 Å². The fourth-order valence-corrected chi connectivity index (χ4v) is 5.67. The van der Waals surface area contributed by atoms with Crippen LogP contribution in [0.5, 0.6) is 0 Å². The molecule has 0 aromatic carbocycles. The minimum Gasteiger partial charge on any atom is -0.481 e. The summed E-state index contributed by atoms with van der Waals surface area (Å²) < 4.78 is 31.0. The van der Waals surface area contributed by atoms with Crippen molar-refractivity contribution in [3.63, 3.8) is 0 Å². The summed E-state index contributed by atoms with van der Waals surface area (Å²) in [6.07, 6.45) is 2.88. The summed E-state index contributed by atoms with van der Waals surface area (Å²) in [5.41, 5.74) is 7.05. The number of esters is 2. The van der Waals surface area contributed by atoms with Crippen molar-refractivity contribution in [2.24, 2.45) is 0 Å². The molecule has 0 saturated heterocycles. The van der Waals surface area contributed by atoms with Crippen molar-refractivity contribution in [3.8, 4) is 0 Å². The molecule has 2 aromatic heterocycles. The average molecular weight is 645 g/mol. The summed E-state index contributed by atoms with van der Waals surface area (Å²) in [6, 6.07) is -1.41. The van der Waals surface area contributed by atoms with Gasteiger partial charge in [-0.3, -0.25) is 23.7 Å². The lowest BCUT2D eigenvalue weighted by Crippen LogP contribution is -2.42. The number of aromatic nitrogens is 4. The van der Waals surface area contributed by atoms with Gasteiger partial charge in [0.1, 0.15) is 18.4 Å². The Morgan fingerprint density at radius 3 is 2.05 bits per heavy atom. The van der Waals surface area contributed by atoms with Crippen LogP contribution in [0.15, 0.2) is 6.33 Å². The molecule has 7 N–H and O–H groups in total.